The van der Waals surface area contributed by atoms with E-state index in [4.69, 9.17) is 19.3 Å². The first-order chi connectivity index (χ1) is 12.4. The topological polar surface area (TPSA) is 119 Å². The maximum absolute atomic E-state index is 11.9. The highest BCUT2D eigenvalue weighted by atomic mass is 16.6. The molecule has 0 aromatic carbocycles. The van der Waals surface area contributed by atoms with Gasteiger partial charge in [-0.3, -0.25) is 9.59 Å². The maximum atomic E-state index is 11.9. The van der Waals surface area contributed by atoms with E-state index in [9.17, 15) is 19.5 Å². The molecule has 0 aromatic rings. The van der Waals surface area contributed by atoms with Crippen LogP contribution in [-0.4, -0.2) is 61.7 Å². The molecular weight excluding hydrogens is 344 g/mol. The van der Waals surface area contributed by atoms with Gasteiger partial charge in [-0.15, -0.1) is 0 Å². The van der Waals surface area contributed by atoms with E-state index in [2.05, 4.69) is 0 Å². The van der Waals surface area contributed by atoms with Gasteiger partial charge in [0.25, 0.3) is 0 Å². The van der Waals surface area contributed by atoms with Crippen LogP contribution in [0.1, 0.15) is 51.9 Å². The quantitative estimate of drug-likeness (QED) is 0.240. The Bertz CT molecular complexity index is 470. The molecule has 0 radical (unpaired) electrons. The number of rotatable bonds is 16. The molecule has 0 fully saturated rings. The third-order valence-electron chi connectivity index (χ3n) is 3.64. The highest BCUT2D eigenvalue weighted by molar-refractivity contribution is 5.93. The summed E-state index contributed by atoms with van der Waals surface area (Å²) >= 11 is 0. The van der Waals surface area contributed by atoms with Crippen molar-refractivity contribution >= 4 is 17.9 Å². The average molecular weight is 374 g/mol. The lowest BCUT2D eigenvalue weighted by Crippen LogP contribution is -2.15. The number of carboxylic acids is 2. The summed E-state index contributed by atoms with van der Waals surface area (Å²) < 4.78 is 15.0. The van der Waals surface area contributed by atoms with Gasteiger partial charge in [0, 0.05) is 25.9 Å². The zero-order valence-corrected chi connectivity index (χ0v) is 15.6. The van der Waals surface area contributed by atoms with Gasteiger partial charge in [0.2, 0.25) is 0 Å². The molecule has 2 N–H and O–H groups in total. The van der Waals surface area contributed by atoms with Gasteiger partial charge in [0.15, 0.2) is 0 Å². The van der Waals surface area contributed by atoms with Crippen molar-refractivity contribution in [2.24, 2.45) is 0 Å². The average Bonchev–Trinajstić information content (AvgIpc) is 2.57. The van der Waals surface area contributed by atoms with Crippen molar-refractivity contribution in [3.05, 3.63) is 11.1 Å². The number of ether oxygens (including phenoxy) is 3. The summed E-state index contributed by atoms with van der Waals surface area (Å²) in [6.45, 7) is 3.60. The van der Waals surface area contributed by atoms with Crippen LogP contribution in [-0.2, 0) is 28.6 Å². The van der Waals surface area contributed by atoms with Gasteiger partial charge in [-0.1, -0.05) is 12.8 Å². The number of carbonyl (C=O) groups excluding carboxylic acids is 1. The zero-order chi connectivity index (χ0) is 19.8. The second kappa shape index (κ2) is 15.3. The fraction of sp³-hybridized carbons (Fsp3) is 0.722. The minimum absolute atomic E-state index is 0.0708. The normalized spacial score (nSPS) is 11.8. The largest absolute Gasteiger partial charge is 0.481 e. The van der Waals surface area contributed by atoms with Crippen LogP contribution in [0.2, 0.25) is 0 Å². The molecule has 0 rings (SSSR count). The Labute approximate surface area is 154 Å². The summed E-state index contributed by atoms with van der Waals surface area (Å²) in [6.07, 6.45) is 2.85. The van der Waals surface area contributed by atoms with E-state index in [1.54, 1.807) is 0 Å². The van der Waals surface area contributed by atoms with Crippen LogP contribution in [0.4, 0.5) is 0 Å². The summed E-state index contributed by atoms with van der Waals surface area (Å²) in [6, 6.07) is 0. The Morgan fingerprint density at radius 3 is 2.15 bits per heavy atom. The van der Waals surface area contributed by atoms with E-state index >= 15 is 0 Å². The number of esters is 1. The Morgan fingerprint density at radius 1 is 0.885 bits per heavy atom. The molecule has 0 aliphatic heterocycles. The Hall–Kier alpha value is -1.93. The van der Waals surface area contributed by atoms with Crippen LogP contribution >= 0.6 is 0 Å². The monoisotopic (exact) mass is 374 g/mol. The number of carboxylic acid groups (broad SMARTS) is 2. The van der Waals surface area contributed by atoms with Crippen LogP contribution in [0.25, 0.3) is 0 Å². The first-order valence-corrected chi connectivity index (χ1v) is 8.80. The van der Waals surface area contributed by atoms with Gasteiger partial charge >= 0.3 is 17.9 Å². The van der Waals surface area contributed by atoms with Gasteiger partial charge < -0.3 is 24.4 Å². The van der Waals surface area contributed by atoms with Crippen molar-refractivity contribution in [1.29, 1.82) is 0 Å². The van der Waals surface area contributed by atoms with Crippen molar-refractivity contribution in [3.63, 3.8) is 0 Å². The summed E-state index contributed by atoms with van der Waals surface area (Å²) in [5, 5.41) is 18.2. The molecule has 8 nitrogen and oxygen atoms in total. The van der Waals surface area contributed by atoms with Crippen LogP contribution in [0.3, 0.4) is 0 Å². The van der Waals surface area contributed by atoms with E-state index in [0.29, 0.717) is 31.6 Å². The highest BCUT2D eigenvalue weighted by Crippen LogP contribution is 2.21. The molecule has 0 amide bonds. The molecule has 150 valence electrons. The molecule has 0 aliphatic rings. The first-order valence-electron chi connectivity index (χ1n) is 8.80. The minimum Gasteiger partial charge on any atom is -0.481 e. The molecule has 0 saturated heterocycles. The molecule has 0 heterocycles. The smallest absolute Gasteiger partial charge is 0.332 e. The summed E-state index contributed by atoms with van der Waals surface area (Å²) in [5.74, 6) is -3.15. The molecule has 0 unspecified atom stereocenters. The van der Waals surface area contributed by atoms with Gasteiger partial charge in [-0.05, 0) is 31.8 Å². The lowest BCUT2D eigenvalue weighted by atomic mass is 9.96. The maximum Gasteiger partial charge on any atom is 0.332 e. The third-order valence-corrected chi connectivity index (χ3v) is 3.64. The van der Waals surface area contributed by atoms with E-state index < -0.39 is 24.3 Å². The highest BCUT2D eigenvalue weighted by Gasteiger charge is 2.20. The molecule has 0 saturated carbocycles. The number of unbranched alkanes of at least 4 members (excludes halogenated alkanes) is 3. The predicted molar refractivity (Wildman–Crippen MR) is 93.9 cm³/mol. The van der Waals surface area contributed by atoms with Crippen LogP contribution in [0.15, 0.2) is 11.1 Å². The Morgan fingerprint density at radius 2 is 1.58 bits per heavy atom. The van der Waals surface area contributed by atoms with Crippen molar-refractivity contribution in [1.82, 2.24) is 0 Å². The van der Waals surface area contributed by atoms with E-state index in [-0.39, 0.29) is 25.2 Å². The first kappa shape index (κ1) is 24.1. The molecule has 0 atom stereocenters. The van der Waals surface area contributed by atoms with Crippen LogP contribution in [0, 0.1) is 0 Å². The standard InChI is InChI=1S/C18H30O8/c1-3-25-9-7-5-4-6-8-14(12-17(21)26-11-10-24-2)15(18(22)23)13-16(19)20/h3-13H2,1-2H3,(H,19,20)(H,22,23). The lowest BCUT2D eigenvalue weighted by Gasteiger charge is -2.12. The van der Waals surface area contributed by atoms with Crippen molar-refractivity contribution in [2.75, 3.05) is 33.5 Å². The number of methoxy groups -OCH3 is 1. The van der Waals surface area contributed by atoms with Gasteiger partial charge in [-0.2, -0.15) is 0 Å². The number of hydrogen-bond donors (Lipinski definition) is 2. The predicted octanol–water partition coefficient (Wildman–Crippen LogP) is 2.41. The van der Waals surface area contributed by atoms with E-state index in [1.807, 2.05) is 6.92 Å². The molecule has 0 aromatic heterocycles. The van der Waals surface area contributed by atoms with Crippen LogP contribution in [0.5, 0.6) is 0 Å². The molecule has 26 heavy (non-hydrogen) atoms. The minimum atomic E-state index is -1.32. The molecule has 0 aliphatic carbocycles. The summed E-state index contributed by atoms with van der Waals surface area (Å²) in [5.41, 5.74) is 0.0719. The van der Waals surface area contributed by atoms with E-state index in [0.717, 1.165) is 19.3 Å². The van der Waals surface area contributed by atoms with Crippen molar-refractivity contribution < 1.29 is 38.8 Å². The third kappa shape index (κ3) is 12.4. The van der Waals surface area contributed by atoms with Crippen LogP contribution < -0.4 is 0 Å². The molecule has 0 bridgehead atoms. The second-order valence-electron chi connectivity index (χ2n) is 5.71. The second-order valence-corrected chi connectivity index (χ2v) is 5.71. The van der Waals surface area contributed by atoms with Gasteiger partial charge in [0.1, 0.15) is 6.61 Å². The Kier molecular flexibility index (Phi) is 14.2. The summed E-state index contributed by atoms with van der Waals surface area (Å²) in [4.78, 5) is 34.2. The SMILES string of the molecule is CCOCCCCCCC(CC(=O)OCCOC)=C(CC(=O)O)C(=O)O. The number of carbonyl (C=O) groups is 3. The molecule has 0 spiro atoms. The fourth-order valence-corrected chi connectivity index (χ4v) is 2.35. The lowest BCUT2D eigenvalue weighted by molar-refractivity contribution is -0.144. The molecular formula is C18H30O8. The summed E-state index contributed by atoms with van der Waals surface area (Å²) in [7, 11) is 1.47. The van der Waals surface area contributed by atoms with Gasteiger partial charge in [0.05, 0.1) is 19.4 Å². The number of aliphatic carboxylic acids is 2. The van der Waals surface area contributed by atoms with Gasteiger partial charge in [-0.25, -0.2) is 4.79 Å². The van der Waals surface area contributed by atoms with Crippen molar-refractivity contribution in [3.8, 4) is 0 Å². The number of hydrogen-bond acceptors (Lipinski definition) is 6. The van der Waals surface area contributed by atoms with Crippen molar-refractivity contribution in [2.45, 2.75) is 51.9 Å². The Balaban J connectivity index is 4.78. The molecule has 8 heteroatoms. The van der Waals surface area contributed by atoms with E-state index in [1.165, 1.54) is 7.11 Å². The zero-order valence-electron chi connectivity index (χ0n) is 15.6. The fourth-order valence-electron chi connectivity index (χ4n) is 2.35.